The lowest BCUT2D eigenvalue weighted by atomic mass is 9.96. The van der Waals surface area contributed by atoms with Crippen molar-refractivity contribution in [2.45, 2.75) is 44.6 Å². The molecule has 2 aliphatic rings. The Hall–Kier alpha value is -1.79. The summed E-state index contributed by atoms with van der Waals surface area (Å²) >= 11 is 0. The summed E-state index contributed by atoms with van der Waals surface area (Å²) in [5, 5.41) is 8.97. The summed E-state index contributed by atoms with van der Waals surface area (Å²) < 4.78 is 0. The van der Waals surface area contributed by atoms with E-state index in [2.05, 4.69) is 0 Å². The highest BCUT2D eigenvalue weighted by atomic mass is 16.4. The van der Waals surface area contributed by atoms with Gasteiger partial charge >= 0.3 is 12.0 Å². The molecule has 0 aromatic rings. The van der Waals surface area contributed by atoms with Crippen molar-refractivity contribution in [1.29, 1.82) is 0 Å². The maximum Gasteiger partial charge on any atom is 0.320 e. The third kappa shape index (κ3) is 3.86. The fourth-order valence-electron chi connectivity index (χ4n) is 3.20. The Balaban J connectivity index is 1.94. The molecule has 0 radical (unpaired) electrons. The predicted octanol–water partition coefficient (Wildman–Crippen LogP) is 0.633. The van der Waals surface area contributed by atoms with E-state index in [1.807, 2.05) is 0 Å². The van der Waals surface area contributed by atoms with Gasteiger partial charge in [0, 0.05) is 31.6 Å². The largest absolute Gasteiger partial charge is 0.481 e. The molecule has 118 valence electrons. The predicted molar refractivity (Wildman–Crippen MR) is 75.5 cm³/mol. The van der Waals surface area contributed by atoms with E-state index in [-0.39, 0.29) is 30.3 Å². The third-order valence-electron chi connectivity index (χ3n) is 4.45. The second-order valence-electron chi connectivity index (χ2n) is 5.89. The first kappa shape index (κ1) is 15.6. The van der Waals surface area contributed by atoms with Gasteiger partial charge < -0.3 is 20.6 Å². The van der Waals surface area contributed by atoms with Crippen molar-refractivity contribution in [3.8, 4) is 0 Å². The summed E-state index contributed by atoms with van der Waals surface area (Å²) in [5.41, 5.74) is 5.29. The monoisotopic (exact) mass is 297 g/mol. The molecule has 1 unspecified atom stereocenters. The van der Waals surface area contributed by atoms with Crippen molar-refractivity contribution in [1.82, 2.24) is 9.80 Å². The van der Waals surface area contributed by atoms with Crippen molar-refractivity contribution >= 4 is 17.9 Å². The highest BCUT2D eigenvalue weighted by molar-refractivity contribution is 5.78. The summed E-state index contributed by atoms with van der Waals surface area (Å²) in [5.74, 6) is -1.32. The number of hydrogen-bond donors (Lipinski definition) is 2. The lowest BCUT2D eigenvalue weighted by Gasteiger charge is -2.40. The van der Waals surface area contributed by atoms with Crippen LogP contribution in [0.3, 0.4) is 0 Å². The molecule has 0 aromatic carbocycles. The highest BCUT2D eigenvalue weighted by Gasteiger charge is 2.33. The molecule has 2 fully saturated rings. The van der Waals surface area contributed by atoms with Crippen LogP contribution in [0.15, 0.2) is 0 Å². The topological polar surface area (TPSA) is 104 Å². The minimum Gasteiger partial charge on any atom is -0.481 e. The van der Waals surface area contributed by atoms with E-state index in [0.29, 0.717) is 32.5 Å². The van der Waals surface area contributed by atoms with Gasteiger partial charge in [-0.15, -0.1) is 0 Å². The summed E-state index contributed by atoms with van der Waals surface area (Å²) in [6.07, 6.45) is 3.82. The number of carbonyl (C=O) groups is 3. The van der Waals surface area contributed by atoms with E-state index < -0.39 is 5.97 Å². The van der Waals surface area contributed by atoms with E-state index in [1.54, 1.807) is 9.80 Å². The maximum atomic E-state index is 12.6. The number of nitrogens with two attached hydrogens (primary N) is 1. The van der Waals surface area contributed by atoms with Gasteiger partial charge in [-0.2, -0.15) is 0 Å². The van der Waals surface area contributed by atoms with Crippen LogP contribution in [0.4, 0.5) is 4.79 Å². The molecule has 0 aliphatic carbocycles. The lowest BCUT2D eigenvalue weighted by molar-refractivity contribution is -0.138. The lowest BCUT2D eigenvalue weighted by Crippen LogP contribution is -2.53. The van der Waals surface area contributed by atoms with Crippen LogP contribution in [0.5, 0.6) is 0 Å². The zero-order chi connectivity index (χ0) is 15.4. The van der Waals surface area contributed by atoms with Crippen molar-refractivity contribution in [2.24, 2.45) is 11.7 Å². The molecule has 0 spiro atoms. The van der Waals surface area contributed by atoms with E-state index >= 15 is 0 Å². The molecule has 1 atom stereocenters. The quantitative estimate of drug-likeness (QED) is 0.797. The Bertz CT molecular complexity index is 418. The standard InChI is InChI=1S/C14H23N3O4/c15-13(20)10-4-7-16(8-5-10)14(21)17-6-2-1-3-11(17)9-12(18)19/h10-11H,1-9H2,(H2,15,20)(H,18,19). The molecular formula is C14H23N3O4. The van der Waals surface area contributed by atoms with Gasteiger partial charge in [-0.05, 0) is 32.1 Å². The van der Waals surface area contributed by atoms with Crippen molar-refractivity contribution < 1.29 is 19.5 Å². The first-order chi connectivity index (χ1) is 9.99. The summed E-state index contributed by atoms with van der Waals surface area (Å²) in [6.45, 7) is 1.65. The number of urea groups is 1. The number of hydrogen-bond acceptors (Lipinski definition) is 3. The number of nitrogens with zero attached hydrogens (tertiary/aromatic N) is 2. The second-order valence-corrected chi connectivity index (χ2v) is 5.89. The molecule has 2 saturated heterocycles. The first-order valence-electron chi connectivity index (χ1n) is 7.55. The fourth-order valence-corrected chi connectivity index (χ4v) is 3.20. The molecule has 0 bridgehead atoms. The van der Waals surface area contributed by atoms with E-state index in [1.165, 1.54) is 0 Å². The second kappa shape index (κ2) is 6.78. The molecule has 21 heavy (non-hydrogen) atoms. The van der Waals surface area contributed by atoms with Crippen LogP contribution >= 0.6 is 0 Å². The number of likely N-dealkylation sites (tertiary alicyclic amines) is 2. The Labute approximate surface area is 124 Å². The molecular weight excluding hydrogens is 274 g/mol. The molecule has 2 rings (SSSR count). The minimum absolute atomic E-state index is 0.00346. The van der Waals surface area contributed by atoms with Gasteiger partial charge in [-0.3, -0.25) is 9.59 Å². The first-order valence-corrected chi connectivity index (χ1v) is 7.55. The van der Waals surface area contributed by atoms with Gasteiger partial charge in [-0.1, -0.05) is 0 Å². The number of piperidine rings is 2. The molecule has 0 aromatic heterocycles. The maximum absolute atomic E-state index is 12.6. The number of carboxylic acids is 1. The fraction of sp³-hybridized carbons (Fsp3) is 0.786. The Morgan fingerprint density at radius 2 is 1.71 bits per heavy atom. The van der Waals surface area contributed by atoms with Gasteiger partial charge in [0.05, 0.1) is 6.42 Å². The van der Waals surface area contributed by atoms with Crippen LogP contribution in [0.25, 0.3) is 0 Å². The number of primary amides is 1. The molecule has 7 heteroatoms. The van der Waals surface area contributed by atoms with E-state index in [0.717, 1.165) is 19.3 Å². The van der Waals surface area contributed by atoms with Gasteiger partial charge in [0.15, 0.2) is 0 Å². The molecule has 2 heterocycles. The Morgan fingerprint density at radius 3 is 2.29 bits per heavy atom. The normalized spacial score (nSPS) is 23.9. The van der Waals surface area contributed by atoms with Crippen LogP contribution < -0.4 is 5.73 Å². The smallest absolute Gasteiger partial charge is 0.320 e. The van der Waals surface area contributed by atoms with Crippen molar-refractivity contribution in [2.75, 3.05) is 19.6 Å². The SMILES string of the molecule is NC(=O)C1CCN(C(=O)N2CCCCC2CC(=O)O)CC1. The summed E-state index contributed by atoms with van der Waals surface area (Å²) in [7, 11) is 0. The van der Waals surface area contributed by atoms with Crippen LogP contribution in [-0.4, -0.2) is 58.5 Å². The minimum atomic E-state index is -0.868. The van der Waals surface area contributed by atoms with Gasteiger partial charge in [0.2, 0.25) is 5.91 Å². The zero-order valence-electron chi connectivity index (χ0n) is 12.2. The van der Waals surface area contributed by atoms with Crippen LogP contribution in [0.1, 0.15) is 38.5 Å². The van der Waals surface area contributed by atoms with Crippen LogP contribution in [-0.2, 0) is 9.59 Å². The molecule has 0 saturated carbocycles. The number of amides is 3. The Kier molecular flexibility index (Phi) is 5.03. The molecule has 7 nitrogen and oxygen atoms in total. The molecule has 3 N–H and O–H groups in total. The summed E-state index contributed by atoms with van der Waals surface area (Å²) in [6, 6.07) is -0.304. The van der Waals surface area contributed by atoms with Gasteiger partial charge in [0.25, 0.3) is 0 Å². The van der Waals surface area contributed by atoms with Gasteiger partial charge in [-0.25, -0.2) is 4.79 Å². The van der Waals surface area contributed by atoms with E-state index in [4.69, 9.17) is 10.8 Å². The molecule has 3 amide bonds. The van der Waals surface area contributed by atoms with Crippen LogP contribution in [0, 0.1) is 5.92 Å². The average Bonchev–Trinajstić information content (AvgIpc) is 2.46. The van der Waals surface area contributed by atoms with Crippen LogP contribution in [0.2, 0.25) is 0 Å². The Morgan fingerprint density at radius 1 is 1.05 bits per heavy atom. The number of carboxylic acid groups (broad SMARTS) is 1. The summed E-state index contributed by atoms with van der Waals surface area (Å²) in [4.78, 5) is 38.1. The number of aliphatic carboxylic acids is 1. The molecule has 2 aliphatic heterocycles. The average molecular weight is 297 g/mol. The van der Waals surface area contributed by atoms with E-state index in [9.17, 15) is 14.4 Å². The number of rotatable bonds is 3. The highest BCUT2D eigenvalue weighted by Crippen LogP contribution is 2.24. The number of carbonyl (C=O) groups excluding carboxylic acids is 2. The zero-order valence-corrected chi connectivity index (χ0v) is 12.2. The van der Waals surface area contributed by atoms with Crippen molar-refractivity contribution in [3.05, 3.63) is 0 Å². The van der Waals surface area contributed by atoms with Gasteiger partial charge in [0.1, 0.15) is 0 Å². The van der Waals surface area contributed by atoms with Crippen molar-refractivity contribution in [3.63, 3.8) is 0 Å². The third-order valence-corrected chi connectivity index (χ3v) is 4.45.